The summed E-state index contributed by atoms with van der Waals surface area (Å²) < 4.78 is 7.30. The zero-order valence-corrected chi connectivity index (χ0v) is 17.2. The van der Waals surface area contributed by atoms with Crippen molar-refractivity contribution in [3.8, 4) is 5.75 Å². The van der Waals surface area contributed by atoms with E-state index >= 15 is 0 Å². The number of rotatable bonds is 6. The molecule has 0 atom stereocenters. The highest BCUT2D eigenvalue weighted by Gasteiger charge is 2.13. The number of hydrogen-bond acceptors (Lipinski definition) is 6. The van der Waals surface area contributed by atoms with Crippen LogP contribution in [0.15, 0.2) is 52.1 Å². The van der Waals surface area contributed by atoms with E-state index in [0.29, 0.717) is 26.2 Å². The Hall–Kier alpha value is -2.97. The molecule has 152 valence electrons. The van der Waals surface area contributed by atoms with E-state index in [1.807, 2.05) is 13.8 Å². The third-order valence-corrected chi connectivity index (χ3v) is 4.45. The highest BCUT2D eigenvalue weighted by molar-refractivity contribution is 6.32. The minimum Gasteiger partial charge on any atom is -0.489 e. The predicted molar refractivity (Wildman–Crippen MR) is 114 cm³/mol. The summed E-state index contributed by atoms with van der Waals surface area (Å²) in [5, 5.41) is 3.90. The first kappa shape index (κ1) is 20.8. The Bertz CT molecular complexity index is 1140. The summed E-state index contributed by atoms with van der Waals surface area (Å²) in [7, 11) is 0. The Morgan fingerprint density at radius 3 is 2.45 bits per heavy atom. The van der Waals surface area contributed by atoms with E-state index in [1.165, 1.54) is 4.57 Å². The topological polar surface area (TPSA) is 104 Å². The van der Waals surface area contributed by atoms with Crippen molar-refractivity contribution in [3.05, 3.63) is 79.0 Å². The Kier molecular flexibility index (Phi) is 6.14. The van der Waals surface area contributed by atoms with Crippen LogP contribution in [0.2, 0.25) is 10.0 Å². The fourth-order valence-corrected chi connectivity index (χ4v) is 2.93. The molecule has 0 fully saturated rings. The summed E-state index contributed by atoms with van der Waals surface area (Å²) in [4.78, 5) is 28.4. The molecule has 0 aliphatic rings. The van der Waals surface area contributed by atoms with E-state index < -0.39 is 11.4 Å². The molecule has 2 aromatic carbocycles. The average Bonchev–Trinajstić information content (AvgIpc) is 2.66. The van der Waals surface area contributed by atoms with Gasteiger partial charge in [0.1, 0.15) is 5.75 Å². The van der Waals surface area contributed by atoms with Crippen LogP contribution in [-0.4, -0.2) is 20.3 Å². The lowest BCUT2D eigenvalue weighted by Gasteiger charge is -2.16. The molecule has 3 rings (SSSR count). The third kappa shape index (κ3) is 4.90. The second-order valence-corrected chi connectivity index (χ2v) is 7.36. The van der Waals surface area contributed by atoms with E-state index in [4.69, 9.17) is 33.8 Å². The minimum absolute atomic E-state index is 0.0326. The van der Waals surface area contributed by atoms with Crippen molar-refractivity contribution in [2.45, 2.75) is 26.5 Å². The maximum absolute atomic E-state index is 12.6. The Balaban J connectivity index is 1.98. The lowest BCUT2D eigenvalue weighted by Crippen LogP contribution is -2.46. The normalized spacial score (nSPS) is 10.9. The number of benzene rings is 2. The molecule has 1 aromatic heterocycles. The van der Waals surface area contributed by atoms with Crippen molar-refractivity contribution in [1.29, 1.82) is 0 Å². The van der Waals surface area contributed by atoms with Gasteiger partial charge in [0.05, 0.1) is 17.7 Å². The molecule has 0 bridgehead atoms. The van der Waals surface area contributed by atoms with E-state index in [9.17, 15) is 9.59 Å². The molecule has 3 aromatic rings. The number of nitrogens with zero attached hydrogens (tertiary/aromatic N) is 3. The fourth-order valence-electron chi connectivity index (χ4n) is 2.57. The summed E-state index contributed by atoms with van der Waals surface area (Å²) in [6, 6.07) is 11.9. The molecule has 0 saturated heterocycles. The maximum Gasteiger partial charge on any atom is 0.373 e. The lowest BCUT2D eigenvalue weighted by atomic mass is 10.2. The second-order valence-electron chi connectivity index (χ2n) is 6.52. The minimum atomic E-state index is -0.879. The van der Waals surface area contributed by atoms with Crippen LogP contribution >= 0.6 is 23.2 Å². The predicted octanol–water partition coefficient (Wildman–Crippen LogP) is 3.00. The summed E-state index contributed by atoms with van der Waals surface area (Å²) in [6.07, 6.45) is -0.0327. The van der Waals surface area contributed by atoms with Crippen molar-refractivity contribution in [2.75, 3.05) is 11.2 Å². The molecule has 0 unspecified atom stereocenters. The summed E-state index contributed by atoms with van der Waals surface area (Å²) in [5.74, 6) is 6.09. The van der Waals surface area contributed by atoms with E-state index in [2.05, 4.69) is 10.3 Å². The third-order valence-electron chi connectivity index (χ3n) is 3.90. The van der Waals surface area contributed by atoms with Crippen molar-refractivity contribution in [2.24, 2.45) is 0 Å². The molecule has 0 radical (unpaired) electrons. The van der Waals surface area contributed by atoms with Gasteiger partial charge in [-0.05, 0) is 49.7 Å². The summed E-state index contributed by atoms with van der Waals surface area (Å²) in [6.45, 7) is 3.92. The zero-order chi connectivity index (χ0) is 21.1. The molecule has 29 heavy (non-hydrogen) atoms. The average molecular weight is 436 g/mol. The van der Waals surface area contributed by atoms with Crippen LogP contribution in [0, 0.1) is 0 Å². The maximum atomic E-state index is 12.6. The Morgan fingerprint density at radius 1 is 1.14 bits per heavy atom. The first-order valence-corrected chi connectivity index (χ1v) is 9.47. The molecule has 0 aliphatic heterocycles. The molecule has 10 heteroatoms. The number of nitrogens with two attached hydrogens (primary N) is 1. The van der Waals surface area contributed by atoms with Crippen LogP contribution in [0.5, 0.6) is 5.75 Å². The number of nitrogens with one attached hydrogen (secondary N) is 1. The molecule has 1 heterocycles. The zero-order valence-electron chi connectivity index (χ0n) is 15.7. The van der Waals surface area contributed by atoms with Crippen molar-refractivity contribution < 1.29 is 4.74 Å². The first-order valence-electron chi connectivity index (χ1n) is 8.71. The molecule has 3 N–H and O–H groups in total. The number of anilines is 2. The van der Waals surface area contributed by atoms with Gasteiger partial charge >= 0.3 is 11.4 Å². The van der Waals surface area contributed by atoms with Gasteiger partial charge in [0.15, 0.2) is 0 Å². The Labute approximate surface area is 176 Å². The van der Waals surface area contributed by atoms with Crippen LogP contribution in [-0.2, 0) is 6.54 Å². The number of aromatic nitrogens is 3. The standard InChI is InChI=1S/C19H19Cl2N5O3/c1-11(2)29-16-8-7-14(9-15(16)21)23-17-24-18(27)26(22)19(28)25(17)10-12-3-5-13(20)6-4-12/h3-9,11H,10,22H2,1-2H3,(H,23,24,27). The number of nitrogen functional groups attached to an aromatic ring is 1. The van der Waals surface area contributed by atoms with Gasteiger partial charge in [-0.3, -0.25) is 4.57 Å². The second kappa shape index (κ2) is 8.59. The summed E-state index contributed by atoms with van der Waals surface area (Å²) >= 11 is 12.2. The molecule has 0 amide bonds. The number of halogens is 2. The number of ether oxygens (including phenoxy) is 1. The lowest BCUT2D eigenvalue weighted by molar-refractivity contribution is 0.242. The highest BCUT2D eigenvalue weighted by Crippen LogP contribution is 2.29. The fraction of sp³-hybridized carbons (Fsp3) is 0.211. The molecular weight excluding hydrogens is 417 g/mol. The SMILES string of the molecule is CC(C)Oc1ccc(Nc2nc(=O)n(N)c(=O)n2Cc2ccc(Cl)cc2)cc1Cl. The monoisotopic (exact) mass is 435 g/mol. The van der Waals surface area contributed by atoms with Crippen LogP contribution in [0.25, 0.3) is 0 Å². The van der Waals surface area contributed by atoms with Gasteiger partial charge in [0.25, 0.3) is 0 Å². The summed E-state index contributed by atoms with van der Waals surface area (Å²) in [5.41, 5.74) is -0.292. The van der Waals surface area contributed by atoms with Gasteiger partial charge in [-0.15, -0.1) is 0 Å². The van der Waals surface area contributed by atoms with Gasteiger partial charge < -0.3 is 15.9 Å². The van der Waals surface area contributed by atoms with Crippen LogP contribution < -0.4 is 27.3 Å². The van der Waals surface area contributed by atoms with Gasteiger partial charge in [-0.2, -0.15) is 9.66 Å². The van der Waals surface area contributed by atoms with E-state index in [0.717, 1.165) is 5.56 Å². The highest BCUT2D eigenvalue weighted by atomic mass is 35.5. The van der Waals surface area contributed by atoms with Gasteiger partial charge in [-0.1, -0.05) is 35.3 Å². The van der Waals surface area contributed by atoms with Crippen molar-refractivity contribution >= 4 is 34.8 Å². The quantitative estimate of drug-likeness (QED) is 0.576. The molecule has 8 nitrogen and oxygen atoms in total. The van der Waals surface area contributed by atoms with Crippen molar-refractivity contribution in [1.82, 2.24) is 14.2 Å². The van der Waals surface area contributed by atoms with E-state index in [1.54, 1.807) is 42.5 Å². The largest absolute Gasteiger partial charge is 0.489 e. The smallest absolute Gasteiger partial charge is 0.373 e. The van der Waals surface area contributed by atoms with Crippen molar-refractivity contribution in [3.63, 3.8) is 0 Å². The van der Waals surface area contributed by atoms with Crippen LogP contribution in [0.3, 0.4) is 0 Å². The van der Waals surface area contributed by atoms with Gasteiger partial charge in [0, 0.05) is 10.7 Å². The molecule has 0 saturated carbocycles. The molecular formula is C19H19Cl2N5O3. The van der Waals surface area contributed by atoms with Gasteiger partial charge in [-0.25, -0.2) is 9.59 Å². The van der Waals surface area contributed by atoms with Crippen LogP contribution in [0.4, 0.5) is 11.6 Å². The van der Waals surface area contributed by atoms with E-state index in [-0.39, 0.29) is 18.6 Å². The first-order chi connectivity index (χ1) is 13.7. The Morgan fingerprint density at radius 2 is 1.83 bits per heavy atom. The van der Waals surface area contributed by atoms with Gasteiger partial charge in [0.2, 0.25) is 5.95 Å². The number of hydrogen-bond donors (Lipinski definition) is 2. The molecule has 0 spiro atoms. The molecule has 0 aliphatic carbocycles. The van der Waals surface area contributed by atoms with Crippen LogP contribution in [0.1, 0.15) is 19.4 Å².